The number of fused-ring (bicyclic) bond motifs is 1. The topological polar surface area (TPSA) is 104 Å². The number of aryl methyl sites for hydroxylation is 1. The molecule has 0 saturated carbocycles. The van der Waals surface area contributed by atoms with Gasteiger partial charge in [0.25, 0.3) is 5.56 Å². The smallest absolute Gasteiger partial charge is 0.309 e. The van der Waals surface area contributed by atoms with Crippen molar-refractivity contribution in [2.75, 3.05) is 0 Å². The molecule has 0 spiro atoms. The first-order chi connectivity index (χ1) is 13.5. The van der Waals surface area contributed by atoms with Crippen LogP contribution in [0.1, 0.15) is 24.6 Å². The summed E-state index contributed by atoms with van der Waals surface area (Å²) < 4.78 is 0. The minimum Gasteiger partial charge on any atom is -0.345 e. The van der Waals surface area contributed by atoms with E-state index in [-0.39, 0.29) is 18.1 Å². The molecule has 3 aromatic rings. The van der Waals surface area contributed by atoms with Crippen molar-refractivity contribution in [3.63, 3.8) is 0 Å². The van der Waals surface area contributed by atoms with Crippen molar-refractivity contribution in [3.8, 4) is 0 Å². The van der Waals surface area contributed by atoms with Gasteiger partial charge in [0.2, 0.25) is 0 Å². The van der Waals surface area contributed by atoms with Gasteiger partial charge in [-0.25, -0.2) is 5.10 Å². The summed E-state index contributed by atoms with van der Waals surface area (Å²) in [5.41, 5.74) is 1.38. The first-order valence-corrected chi connectivity index (χ1v) is 9.13. The van der Waals surface area contributed by atoms with Gasteiger partial charge < -0.3 is 10.6 Å². The van der Waals surface area contributed by atoms with Crippen molar-refractivity contribution in [2.45, 2.75) is 32.4 Å². The van der Waals surface area contributed by atoms with Crippen molar-refractivity contribution < 1.29 is 9.59 Å². The largest absolute Gasteiger partial charge is 0.345 e. The fourth-order valence-corrected chi connectivity index (χ4v) is 2.94. The van der Waals surface area contributed by atoms with Crippen LogP contribution in [0.4, 0.5) is 0 Å². The molecule has 7 heteroatoms. The number of hydrogen-bond acceptors (Lipinski definition) is 4. The second-order valence-electron chi connectivity index (χ2n) is 6.63. The number of nitrogens with one attached hydrogen (secondary N) is 3. The highest BCUT2D eigenvalue weighted by atomic mass is 16.2. The van der Waals surface area contributed by atoms with E-state index in [1.807, 2.05) is 37.3 Å². The molecule has 1 atom stereocenters. The summed E-state index contributed by atoms with van der Waals surface area (Å²) in [6.07, 6.45) is 1.55. The van der Waals surface area contributed by atoms with E-state index in [1.54, 1.807) is 24.3 Å². The zero-order valence-electron chi connectivity index (χ0n) is 15.6. The molecule has 3 N–H and O–H groups in total. The van der Waals surface area contributed by atoms with Gasteiger partial charge in [-0.1, -0.05) is 48.5 Å². The molecule has 2 aromatic carbocycles. The van der Waals surface area contributed by atoms with Crippen molar-refractivity contribution in [1.82, 2.24) is 20.8 Å². The Balaban J connectivity index is 1.53. The summed E-state index contributed by atoms with van der Waals surface area (Å²) in [5, 5.41) is 12.8. The van der Waals surface area contributed by atoms with Gasteiger partial charge in [0, 0.05) is 11.4 Å². The second kappa shape index (κ2) is 8.94. The lowest BCUT2D eigenvalue weighted by molar-refractivity contribution is -0.139. The molecule has 3 rings (SSSR count). The predicted molar refractivity (Wildman–Crippen MR) is 107 cm³/mol. The number of nitrogens with zero attached hydrogens (tertiary/aromatic N) is 1. The summed E-state index contributed by atoms with van der Waals surface area (Å²) in [6, 6.07) is 16.8. The first kappa shape index (κ1) is 19.3. The van der Waals surface area contributed by atoms with Gasteiger partial charge in [0.1, 0.15) is 0 Å². The van der Waals surface area contributed by atoms with Gasteiger partial charge in [0.15, 0.2) is 0 Å². The van der Waals surface area contributed by atoms with Gasteiger partial charge in [0.05, 0.1) is 17.6 Å². The van der Waals surface area contributed by atoms with E-state index < -0.39 is 11.8 Å². The lowest BCUT2D eigenvalue weighted by atomic mass is 10.1. The van der Waals surface area contributed by atoms with Crippen LogP contribution in [0.5, 0.6) is 0 Å². The van der Waals surface area contributed by atoms with Crippen LogP contribution in [0.2, 0.25) is 0 Å². The third-order valence-electron chi connectivity index (χ3n) is 4.48. The summed E-state index contributed by atoms with van der Waals surface area (Å²) >= 11 is 0. The SMILES string of the molecule is C[C@H](CCc1ccccc1)NC(=O)C(=O)NCc1n[nH]c(=O)c2ccccc12. The summed E-state index contributed by atoms with van der Waals surface area (Å²) in [6.45, 7) is 1.91. The average Bonchev–Trinajstić information content (AvgIpc) is 2.72. The second-order valence-corrected chi connectivity index (χ2v) is 6.63. The van der Waals surface area contributed by atoms with Crippen molar-refractivity contribution in [3.05, 3.63) is 76.2 Å². The molecule has 0 unspecified atom stereocenters. The van der Waals surface area contributed by atoms with Crippen LogP contribution in [0.15, 0.2) is 59.4 Å². The number of aromatic nitrogens is 2. The lowest BCUT2D eigenvalue weighted by Crippen LogP contribution is -2.43. The number of H-pyrrole nitrogens is 1. The molecule has 0 aliphatic rings. The Hall–Kier alpha value is -3.48. The van der Waals surface area contributed by atoms with Crippen LogP contribution in [-0.4, -0.2) is 28.1 Å². The predicted octanol–water partition coefficient (Wildman–Crippen LogP) is 1.68. The fourth-order valence-electron chi connectivity index (χ4n) is 2.94. The average molecular weight is 378 g/mol. The molecular formula is C21H22N4O3. The van der Waals surface area contributed by atoms with E-state index in [0.29, 0.717) is 16.5 Å². The number of carbonyl (C=O) groups excluding carboxylic acids is 2. The molecule has 28 heavy (non-hydrogen) atoms. The third kappa shape index (κ3) is 4.82. The molecular weight excluding hydrogens is 356 g/mol. The first-order valence-electron chi connectivity index (χ1n) is 9.13. The summed E-state index contributed by atoms with van der Waals surface area (Å²) in [5.74, 6) is -1.42. The molecule has 7 nitrogen and oxygen atoms in total. The molecule has 144 valence electrons. The quantitative estimate of drug-likeness (QED) is 0.568. The van der Waals surface area contributed by atoms with Crippen LogP contribution in [0.25, 0.3) is 10.8 Å². The minimum absolute atomic E-state index is 0.0436. The van der Waals surface area contributed by atoms with E-state index in [0.717, 1.165) is 12.8 Å². The van der Waals surface area contributed by atoms with E-state index in [4.69, 9.17) is 0 Å². The Bertz CT molecular complexity index is 1030. The monoisotopic (exact) mass is 378 g/mol. The Morgan fingerprint density at radius 3 is 2.43 bits per heavy atom. The number of benzene rings is 2. The summed E-state index contributed by atoms with van der Waals surface area (Å²) in [4.78, 5) is 36.0. The van der Waals surface area contributed by atoms with Crippen LogP contribution in [0.3, 0.4) is 0 Å². The minimum atomic E-state index is -0.733. The number of rotatable bonds is 6. The normalized spacial score (nSPS) is 11.8. The zero-order valence-corrected chi connectivity index (χ0v) is 15.6. The fraction of sp³-hybridized carbons (Fsp3) is 0.238. The van der Waals surface area contributed by atoms with Crippen LogP contribution >= 0.6 is 0 Å². The Kier molecular flexibility index (Phi) is 6.16. The molecule has 0 saturated heterocycles. The van der Waals surface area contributed by atoms with Crippen LogP contribution in [0, 0.1) is 0 Å². The Labute approximate surface area is 162 Å². The van der Waals surface area contributed by atoms with E-state index >= 15 is 0 Å². The van der Waals surface area contributed by atoms with Crippen molar-refractivity contribution in [1.29, 1.82) is 0 Å². The van der Waals surface area contributed by atoms with Gasteiger partial charge in [-0.3, -0.25) is 14.4 Å². The van der Waals surface area contributed by atoms with E-state index in [2.05, 4.69) is 20.8 Å². The number of amides is 2. The molecule has 1 heterocycles. The zero-order chi connectivity index (χ0) is 19.9. The maximum Gasteiger partial charge on any atom is 0.309 e. The highest BCUT2D eigenvalue weighted by Gasteiger charge is 2.16. The van der Waals surface area contributed by atoms with Crippen molar-refractivity contribution >= 4 is 22.6 Å². The Morgan fingerprint density at radius 2 is 1.68 bits per heavy atom. The highest BCUT2D eigenvalue weighted by molar-refractivity contribution is 6.35. The number of hydrogen-bond donors (Lipinski definition) is 3. The van der Waals surface area contributed by atoms with Crippen LogP contribution < -0.4 is 16.2 Å². The van der Waals surface area contributed by atoms with Crippen LogP contribution in [-0.2, 0) is 22.6 Å². The van der Waals surface area contributed by atoms with Crippen molar-refractivity contribution in [2.24, 2.45) is 0 Å². The molecule has 0 fully saturated rings. The number of aromatic amines is 1. The highest BCUT2D eigenvalue weighted by Crippen LogP contribution is 2.11. The standard InChI is InChI=1S/C21H22N4O3/c1-14(11-12-15-7-3-2-4-8-15)23-21(28)20(27)22-13-18-16-9-5-6-10-17(16)19(26)25-24-18/h2-10,14H,11-13H2,1H3,(H,22,27)(H,23,28)(H,25,26)/t14-/m1/s1. The maximum atomic E-state index is 12.1. The third-order valence-corrected chi connectivity index (χ3v) is 4.48. The molecule has 0 bridgehead atoms. The van der Waals surface area contributed by atoms with E-state index in [1.165, 1.54) is 5.56 Å². The van der Waals surface area contributed by atoms with Gasteiger partial charge >= 0.3 is 11.8 Å². The lowest BCUT2D eigenvalue weighted by Gasteiger charge is -2.14. The van der Waals surface area contributed by atoms with E-state index in [9.17, 15) is 14.4 Å². The molecule has 0 radical (unpaired) electrons. The van der Waals surface area contributed by atoms with Gasteiger partial charge in [-0.15, -0.1) is 0 Å². The maximum absolute atomic E-state index is 12.1. The number of carbonyl (C=O) groups is 2. The van der Waals surface area contributed by atoms with Gasteiger partial charge in [-0.2, -0.15) is 5.10 Å². The molecule has 1 aromatic heterocycles. The summed E-state index contributed by atoms with van der Waals surface area (Å²) in [7, 11) is 0. The van der Waals surface area contributed by atoms with Gasteiger partial charge in [-0.05, 0) is 31.4 Å². The molecule has 2 amide bonds. The Morgan fingerprint density at radius 1 is 1.00 bits per heavy atom. The molecule has 0 aliphatic heterocycles. The molecule has 0 aliphatic carbocycles.